The van der Waals surface area contributed by atoms with Gasteiger partial charge in [0.05, 0.1) is 5.69 Å². The Morgan fingerprint density at radius 1 is 0.972 bits per heavy atom. The SMILES string of the molecule is CC(O)C(F)(F)c1ccc(CC(=O)Cc2ccc(C(=O)N(C)c3cc(C4CC4)ccc3F)cc2)cc1. The van der Waals surface area contributed by atoms with E-state index in [1.54, 1.807) is 36.4 Å². The van der Waals surface area contributed by atoms with Crippen LogP contribution in [0.3, 0.4) is 0 Å². The second-order valence-electron chi connectivity index (χ2n) is 9.43. The van der Waals surface area contributed by atoms with Crippen molar-refractivity contribution in [1.82, 2.24) is 0 Å². The zero-order chi connectivity index (χ0) is 26.0. The number of rotatable bonds is 9. The van der Waals surface area contributed by atoms with Gasteiger partial charge >= 0.3 is 0 Å². The maximum atomic E-state index is 14.4. The monoisotopic (exact) mass is 495 g/mol. The largest absolute Gasteiger partial charge is 0.387 e. The predicted octanol–water partition coefficient (Wildman–Crippen LogP) is 5.81. The molecule has 1 aliphatic rings. The molecule has 0 saturated heterocycles. The molecule has 0 spiro atoms. The van der Waals surface area contributed by atoms with Crippen LogP contribution in [0.15, 0.2) is 66.7 Å². The average molecular weight is 496 g/mol. The van der Waals surface area contributed by atoms with Gasteiger partial charge in [-0.05, 0) is 66.6 Å². The van der Waals surface area contributed by atoms with E-state index < -0.39 is 17.8 Å². The van der Waals surface area contributed by atoms with Crippen LogP contribution < -0.4 is 4.90 Å². The summed E-state index contributed by atoms with van der Waals surface area (Å²) in [5.74, 6) is -3.84. The molecule has 1 amide bonds. The normalized spacial score (nSPS) is 14.4. The first-order valence-electron chi connectivity index (χ1n) is 11.9. The number of amides is 1. The summed E-state index contributed by atoms with van der Waals surface area (Å²) in [5, 5.41) is 9.26. The molecule has 7 heteroatoms. The number of nitrogens with zero attached hydrogens (tertiary/aromatic N) is 1. The minimum Gasteiger partial charge on any atom is -0.387 e. The van der Waals surface area contributed by atoms with Crippen LogP contribution in [0.1, 0.15) is 58.3 Å². The van der Waals surface area contributed by atoms with Crippen molar-refractivity contribution in [1.29, 1.82) is 0 Å². The summed E-state index contributed by atoms with van der Waals surface area (Å²) in [6.07, 6.45) is 0.529. The molecule has 3 aromatic carbocycles. The Labute approximate surface area is 208 Å². The van der Waals surface area contributed by atoms with Crippen molar-refractivity contribution in [2.24, 2.45) is 0 Å². The molecule has 1 N–H and O–H groups in total. The van der Waals surface area contributed by atoms with Gasteiger partial charge in [-0.1, -0.05) is 42.5 Å². The van der Waals surface area contributed by atoms with E-state index in [2.05, 4.69) is 0 Å². The Kier molecular flexibility index (Phi) is 7.31. The third kappa shape index (κ3) is 5.68. The van der Waals surface area contributed by atoms with Gasteiger partial charge in [0, 0.05) is 31.0 Å². The molecule has 0 heterocycles. The van der Waals surface area contributed by atoms with Crippen molar-refractivity contribution in [3.8, 4) is 0 Å². The molecule has 4 rings (SSSR count). The highest BCUT2D eigenvalue weighted by Crippen LogP contribution is 2.41. The van der Waals surface area contributed by atoms with Gasteiger partial charge in [0.1, 0.15) is 17.7 Å². The van der Waals surface area contributed by atoms with Crippen LogP contribution in [0.2, 0.25) is 0 Å². The first-order valence-corrected chi connectivity index (χ1v) is 11.9. The summed E-state index contributed by atoms with van der Waals surface area (Å²) in [6.45, 7) is 1.03. The van der Waals surface area contributed by atoms with E-state index in [4.69, 9.17) is 0 Å². The van der Waals surface area contributed by atoms with Crippen molar-refractivity contribution in [2.45, 2.75) is 50.6 Å². The number of anilines is 1. The lowest BCUT2D eigenvalue weighted by atomic mass is 9.98. The highest BCUT2D eigenvalue weighted by Gasteiger charge is 2.37. The van der Waals surface area contributed by atoms with Crippen molar-refractivity contribution in [3.63, 3.8) is 0 Å². The number of benzene rings is 3. The molecule has 3 aromatic rings. The van der Waals surface area contributed by atoms with Gasteiger partial charge in [-0.3, -0.25) is 9.59 Å². The second-order valence-corrected chi connectivity index (χ2v) is 9.43. The number of hydrogen-bond acceptors (Lipinski definition) is 3. The summed E-state index contributed by atoms with van der Waals surface area (Å²) in [7, 11) is 1.54. The molecule has 1 aliphatic carbocycles. The van der Waals surface area contributed by atoms with Gasteiger partial charge in [0.25, 0.3) is 11.8 Å². The third-order valence-corrected chi connectivity index (χ3v) is 6.55. The van der Waals surface area contributed by atoms with Crippen LogP contribution in [0.5, 0.6) is 0 Å². The Hall–Kier alpha value is -3.45. The number of ketones is 1. The van der Waals surface area contributed by atoms with E-state index in [-0.39, 0.29) is 35.8 Å². The summed E-state index contributed by atoms with van der Waals surface area (Å²) in [4.78, 5) is 26.7. The molecular weight excluding hydrogens is 467 g/mol. The van der Waals surface area contributed by atoms with E-state index in [1.165, 1.54) is 42.3 Å². The van der Waals surface area contributed by atoms with E-state index in [0.29, 0.717) is 22.6 Å². The molecule has 188 valence electrons. The summed E-state index contributed by atoms with van der Waals surface area (Å²) < 4.78 is 42.2. The quantitative estimate of drug-likeness (QED) is 0.408. The molecule has 0 bridgehead atoms. The Morgan fingerprint density at radius 2 is 1.53 bits per heavy atom. The van der Waals surface area contributed by atoms with Crippen molar-refractivity contribution < 1.29 is 27.9 Å². The smallest absolute Gasteiger partial charge is 0.298 e. The first-order chi connectivity index (χ1) is 17.1. The molecule has 0 aromatic heterocycles. The average Bonchev–Trinajstić information content (AvgIpc) is 3.70. The van der Waals surface area contributed by atoms with Crippen LogP contribution in [0.4, 0.5) is 18.9 Å². The fourth-order valence-electron chi connectivity index (χ4n) is 4.13. The molecule has 0 aliphatic heterocycles. The lowest BCUT2D eigenvalue weighted by Gasteiger charge is -2.19. The zero-order valence-corrected chi connectivity index (χ0v) is 20.2. The number of alkyl halides is 2. The van der Waals surface area contributed by atoms with Crippen molar-refractivity contribution in [2.75, 3.05) is 11.9 Å². The standard InChI is InChI=1S/C29H28F3NO3/c1-18(34)29(31,32)24-12-5-20(6-13-24)16-25(35)15-19-3-7-22(8-4-19)28(36)33(2)27-17-23(21-9-10-21)11-14-26(27)30/h3-8,11-14,17-18,21,34H,9-10,15-16H2,1-2H3. The third-order valence-electron chi connectivity index (χ3n) is 6.55. The van der Waals surface area contributed by atoms with Gasteiger partial charge in [-0.25, -0.2) is 4.39 Å². The minimum absolute atomic E-state index is 0.0700. The Balaban J connectivity index is 1.37. The highest BCUT2D eigenvalue weighted by atomic mass is 19.3. The van der Waals surface area contributed by atoms with Gasteiger partial charge in [-0.2, -0.15) is 8.78 Å². The lowest BCUT2D eigenvalue weighted by Crippen LogP contribution is -2.27. The van der Waals surface area contributed by atoms with Crippen LogP contribution in [0.25, 0.3) is 0 Å². The topological polar surface area (TPSA) is 57.6 Å². The van der Waals surface area contributed by atoms with Crippen molar-refractivity contribution in [3.05, 3.63) is 100 Å². The lowest BCUT2D eigenvalue weighted by molar-refractivity contribution is -0.117. The number of aliphatic hydroxyl groups excluding tert-OH is 1. The molecule has 1 fully saturated rings. The molecule has 1 saturated carbocycles. The predicted molar refractivity (Wildman–Crippen MR) is 132 cm³/mol. The molecule has 1 atom stereocenters. The number of Topliss-reactive ketones (excluding diaryl/α,β-unsaturated/α-hetero) is 1. The fourth-order valence-corrected chi connectivity index (χ4v) is 4.13. The molecular formula is C29H28F3NO3. The van der Waals surface area contributed by atoms with E-state index in [0.717, 1.165) is 25.3 Å². The molecule has 1 unspecified atom stereocenters. The van der Waals surface area contributed by atoms with Crippen molar-refractivity contribution >= 4 is 17.4 Å². The zero-order valence-electron chi connectivity index (χ0n) is 20.2. The minimum atomic E-state index is -3.36. The molecule has 4 nitrogen and oxygen atoms in total. The summed E-state index contributed by atoms with van der Waals surface area (Å²) >= 11 is 0. The van der Waals surface area contributed by atoms with Gasteiger partial charge in [0.2, 0.25) is 0 Å². The Morgan fingerprint density at radius 3 is 2.06 bits per heavy atom. The van der Waals surface area contributed by atoms with E-state index in [9.17, 15) is 27.9 Å². The van der Waals surface area contributed by atoms with Gasteiger partial charge in [0.15, 0.2) is 0 Å². The van der Waals surface area contributed by atoms with E-state index in [1.807, 2.05) is 0 Å². The van der Waals surface area contributed by atoms with E-state index >= 15 is 0 Å². The second kappa shape index (κ2) is 10.3. The number of aliphatic hydroxyl groups is 1. The number of hydrogen-bond donors (Lipinski definition) is 1. The maximum Gasteiger partial charge on any atom is 0.298 e. The van der Waals surface area contributed by atoms with Crippen LogP contribution in [0, 0.1) is 5.82 Å². The number of halogens is 3. The van der Waals surface area contributed by atoms with Crippen LogP contribution in [-0.2, 0) is 23.6 Å². The van der Waals surface area contributed by atoms with Gasteiger partial charge < -0.3 is 10.0 Å². The summed E-state index contributed by atoms with van der Waals surface area (Å²) in [6, 6.07) is 16.8. The summed E-state index contributed by atoms with van der Waals surface area (Å²) in [5.41, 5.74) is 2.64. The Bertz CT molecular complexity index is 1250. The first kappa shape index (κ1) is 25.6. The van der Waals surface area contributed by atoms with Gasteiger partial charge in [-0.15, -0.1) is 0 Å². The molecule has 36 heavy (non-hydrogen) atoms. The van der Waals surface area contributed by atoms with Crippen LogP contribution in [-0.4, -0.2) is 29.9 Å². The fraction of sp³-hybridized carbons (Fsp3) is 0.310. The molecule has 0 radical (unpaired) electrons. The maximum absolute atomic E-state index is 14.4. The number of carbonyl (C=O) groups excluding carboxylic acids is 2. The number of carbonyl (C=O) groups is 2. The highest BCUT2D eigenvalue weighted by molar-refractivity contribution is 6.05. The van der Waals surface area contributed by atoms with Crippen LogP contribution >= 0.6 is 0 Å².